The van der Waals surface area contributed by atoms with Crippen LogP contribution < -0.4 is 10.1 Å². The van der Waals surface area contributed by atoms with Crippen LogP contribution in [0.4, 0.5) is 9.52 Å². The van der Waals surface area contributed by atoms with Gasteiger partial charge < -0.3 is 9.47 Å². The van der Waals surface area contributed by atoms with Crippen molar-refractivity contribution < 1.29 is 23.5 Å². The average Bonchev–Trinajstić information content (AvgIpc) is 3.16. The minimum absolute atomic E-state index is 0.143. The molecule has 1 aromatic heterocycles. The number of hydrogen-bond acceptors (Lipinski definition) is 6. The molecule has 1 aliphatic heterocycles. The number of fused-ring (bicyclic) bond motifs is 1. The zero-order chi connectivity index (χ0) is 20.6. The molecule has 6 nitrogen and oxygen atoms in total. The van der Waals surface area contributed by atoms with Crippen LogP contribution in [0.3, 0.4) is 0 Å². The van der Waals surface area contributed by atoms with E-state index in [4.69, 9.17) is 9.47 Å². The maximum Gasteiger partial charge on any atom is 0.339 e. The number of rotatable bonds is 4. The molecule has 0 radical (unpaired) electrons. The molecule has 1 N–H and O–H groups in total. The first kappa shape index (κ1) is 19.1. The van der Waals surface area contributed by atoms with Crippen molar-refractivity contribution in [3.63, 3.8) is 0 Å². The van der Waals surface area contributed by atoms with Crippen molar-refractivity contribution in [1.82, 2.24) is 4.98 Å². The van der Waals surface area contributed by atoms with Crippen molar-refractivity contribution in [3.8, 4) is 17.0 Å². The number of carbonyl (C=O) groups is 2. The van der Waals surface area contributed by atoms with E-state index < -0.39 is 23.3 Å². The highest BCUT2D eigenvalue weighted by atomic mass is 32.1. The molecule has 29 heavy (non-hydrogen) atoms. The highest BCUT2D eigenvalue weighted by Crippen LogP contribution is 2.31. The average molecular weight is 412 g/mol. The van der Waals surface area contributed by atoms with E-state index in [1.54, 1.807) is 36.6 Å². The van der Waals surface area contributed by atoms with Gasteiger partial charge in [-0.3, -0.25) is 10.1 Å². The number of methoxy groups -OCH3 is 1. The number of benzene rings is 2. The molecule has 2 aromatic carbocycles. The van der Waals surface area contributed by atoms with Crippen LogP contribution in [0.5, 0.6) is 5.75 Å². The number of esters is 1. The van der Waals surface area contributed by atoms with Gasteiger partial charge in [-0.2, -0.15) is 0 Å². The molecular formula is C21H17FN2O4S. The zero-order valence-corrected chi connectivity index (χ0v) is 16.5. The van der Waals surface area contributed by atoms with Crippen LogP contribution in [0.2, 0.25) is 0 Å². The number of anilines is 1. The third-order valence-corrected chi connectivity index (χ3v) is 5.49. The molecule has 0 saturated carbocycles. The number of aromatic nitrogens is 1. The first-order chi connectivity index (χ1) is 13.9. The Morgan fingerprint density at radius 1 is 1.31 bits per heavy atom. The fourth-order valence-electron chi connectivity index (χ4n) is 3.18. The van der Waals surface area contributed by atoms with E-state index >= 15 is 0 Å². The van der Waals surface area contributed by atoms with Gasteiger partial charge in [0.05, 0.1) is 18.4 Å². The highest BCUT2D eigenvalue weighted by molar-refractivity contribution is 7.14. The Labute approximate surface area is 170 Å². The molecule has 0 spiro atoms. The fourth-order valence-corrected chi connectivity index (χ4v) is 3.89. The molecule has 1 atom stereocenters. The number of thiazole rings is 1. The van der Waals surface area contributed by atoms with Crippen LogP contribution in [-0.2, 0) is 16.0 Å². The second kappa shape index (κ2) is 7.29. The summed E-state index contributed by atoms with van der Waals surface area (Å²) in [5, 5.41) is 4.74. The van der Waals surface area contributed by atoms with E-state index in [1.807, 2.05) is 6.07 Å². The van der Waals surface area contributed by atoms with E-state index in [0.29, 0.717) is 22.0 Å². The third kappa shape index (κ3) is 3.58. The normalized spacial score (nSPS) is 18.0. The summed E-state index contributed by atoms with van der Waals surface area (Å²) >= 11 is 1.20. The summed E-state index contributed by atoms with van der Waals surface area (Å²) in [7, 11) is 1.39. The molecule has 3 aromatic rings. The molecule has 1 aliphatic rings. The van der Waals surface area contributed by atoms with Crippen molar-refractivity contribution in [2.45, 2.75) is 18.9 Å². The second-order valence-electron chi connectivity index (χ2n) is 6.80. The van der Waals surface area contributed by atoms with Gasteiger partial charge in [-0.1, -0.05) is 18.2 Å². The summed E-state index contributed by atoms with van der Waals surface area (Å²) < 4.78 is 24.3. The molecule has 4 rings (SSSR count). The minimum Gasteiger partial charge on any atom is -0.494 e. The summed E-state index contributed by atoms with van der Waals surface area (Å²) in [5.41, 5.74) is 0.960. The molecule has 2 heterocycles. The molecule has 1 amide bonds. The van der Waals surface area contributed by atoms with E-state index in [2.05, 4.69) is 10.3 Å². The van der Waals surface area contributed by atoms with E-state index in [-0.39, 0.29) is 12.2 Å². The Morgan fingerprint density at radius 3 is 2.86 bits per heavy atom. The Kier molecular flexibility index (Phi) is 4.79. The maximum absolute atomic E-state index is 13.9. The van der Waals surface area contributed by atoms with Crippen LogP contribution in [0, 0.1) is 5.82 Å². The number of hydrogen-bond donors (Lipinski definition) is 1. The molecule has 0 bridgehead atoms. The van der Waals surface area contributed by atoms with Gasteiger partial charge >= 0.3 is 5.97 Å². The van der Waals surface area contributed by atoms with Gasteiger partial charge in [-0.15, -0.1) is 11.3 Å². The molecule has 0 saturated heterocycles. The molecule has 1 unspecified atom stereocenters. The summed E-state index contributed by atoms with van der Waals surface area (Å²) in [4.78, 5) is 29.4. The standard InChI is InChI=1S/C21H17FN2O4S/c1-21(10-13-5-3-4-6-14(13)18(25)28-21)19(26)24-20-23-16(11-29-20)12-7-8-17(27-2)15(22)9-12/h3-9,11H,10H2,1-2H3,(H,23,24,26). The second-order valence-corrected chi connectivity index (χ2v) is 7.65. The summed E-state index contributed by atoms with van der Waals surface area (Å²) in [5.74, 6) is -1.35. The number of halogens is 1. The van der Waals surface area contributed by atoms with Crippen LogP contribution in [-0.4, -0.2) is 29.6 Å². The SMILES string of the molecule is COc1ccc(-c2csc(NC(=O)C3(C)Cc4ccccc4C(=O)O3)n2)cc1F. The number of nitrogens with one attached hydrogen (secondary N) is 1. The van der Waals surface area contributed by atoms with Gasteiger partial charge in [-0.05, 0) is 36.8 Å². The number of ether oxygens (including phenoxy) is 2. The molecule has 0 fully saturated rings. The molecule has 148 valence electrons. The number of amides is 1. The van der Waals surface area contributed by atoms with Crippen LogP contribution >= 0.6 is 11.3 Å². The number of carbonyl (C=O) groups excluding carboxylic acids is 2. The molecule has 0 aliphatic carbocycles. The lowest BCUT2D eigenvalue weighted by atomic mass is 9.89. The van der Waals surface area contributed by atoms with Crippen LogP contribution in [0.1, 0.15) is 22.8 Å². The number of cyclic esters (lactones) is 1. The van der Waals surface area contributed by atoms with E-state index in [1.165, 1.54) is 30.6 Å². The Morgan fingerprint density at radius 2 is 2.10 bits per heavy atom. The minimum atomic E-state index is -1.34. The predicted molar refractivity (Wildman–Crippen MR) is 107 cm³/mol. The van der Waals surface area contributed by atoms with Crippen molar-refractivity contribution in [2.24, 2.45) is 0 Å². The molecular weight excluding hydrogens is 395 g/mol. The Hall–Kier alpha value is -3.26. The van der Waals surface area contributed by atoms with Gasteiger partial charge in [0.2, 0.25) is 0 Å². The summed E-state index contributed by atoms with van der Waals surface area (Å²) in [6.45, 7) is 1.57. The Balaban J connectivity index is 1.52. The quantitative estimate of drug-likeness (QED) is 0.654. The van der Waals surface area contributed by atoms with Crippen LogP contribution in [0.15, 0.2) is 47.8 Å². The topological polar surface area (TPSA) is 77.5 Å². The van der Waals surface area contributed by atoms with Gasteiger partial charge in [0.1, 0.15) is 0 Å². The fraction of sp³-hybridized carbons (Fsp3) is 0.190. The largest absolute Gasteiger partial charge is 0.494 e. The highest BCUT2D eigenvalue weighted by Gasteiger charge is 2.42. The maximum atomic E-state index is 13.9. The Bertz CT molecular complexity index is 1110. The van der Waals surface area contributed by atoms with Gasteiger partial charge in [0.15, 0.2) is 22.3 Å². The van der Waals surface area contributed by atoms with Crippen LogP contribution in [0.25, 0.3) is 11.3 Å². The monoisotopic (exact) mass is 412 g/mol. The predicted octanol–water partition coefficient (Wildman–Crippen LogP) is 4.07. The summed E-state index contributed by atoms with van der Waals surface area (Å²) in [6, 6.07) is 11.6. The van der Waals surface area contributed by atoms with Crippen molar-refractivity contribution in [3.05, 3.63) is 64.8 Å². The van der Waals surface area contributed by atoms with Gasteiger partial charge in [0, 0.05) is 17.4 Å². The zero-order valence-electron chi connectivity index (χ0n) is 15.7. The lowest BCUT2D eigenvalue weighted by Crippen LogP contribution is -2.48. The lowest BCUT2D eigenvalue weighted by Gasteiger charge is -2.32. The van der Waals surface area contributed by atoms with Gasteiger partial charge in [0.25, 0.3) is 5.91 Å². The first-order valence-corrected chi connectivity index (χ1v) is 9.70. The number of nitrogens with zero attached hydrogens (tertiary/aromatic N) is 1. The summed E-state index contributed by atoms with van der Waals surface area (Å²) in [6.07, 6.45) is 0.267. The smallest absolute Gasteiger partial charge is 0.339 e. The van der Waals surface area contributed by atoms with Crippen molar-refractivity contribution in [2.75, 3.05) is 12.4 Å². The van der Waals surface area contributed by atoms with Crippen molar-refractivity contribution >= 4 is 28.3 Å². The first-order valence-electron chi connectivity index (χ1n) is 8.82. The van der Waals surface area contributed by atoms with Gasteiger partial charge in [-0.25, -0.2) is 14.2 Å². The van der Waals surface area contributed by atoms with Crippen molar-refractivity contribution in [1.29, 1.82) is 0 Å². The lowest BCUT2D eigenvalue weighted by molar-refractivity contribution is -0.134. The van der Waals surface area contributed by atoms with E-state index in [9.17, 15) is 14.0 Å². The van der Waals surface area contributed by atoms with E-state index in [0.717, 1.165) is 5.56 Å². The molecule has 8 heteroatoms. The third-order valence-electron chi connectivity index (χ3n) is 4.74.